The van der Waals surface area contributed by atoms with E-state index in [1.807, 2.05) is 0 Å². The second-order valence-corrected chi connectivity index (χ2v) is 4.96. The van der Waals surface area contributed by atoms with Crippen LogP contribution in [0, 0.1) is 11.3 Å². The predicted molar refractivity (Wildman–Crippen MR) is 80.4 cm³/mol. The molecule has 0 radical (unpaired) electrons. The van der Waals surface area contributed by atoms with Gasteiger partial charge in [0.1, 0.15) is 17.4 Å². The first kappa shape index (κ1) is 17.8. The zero-order valence-electron chi connectivity index (χ0n) is 11.6. The van der Waals surface area contributed by atoms with E-state index >= 15 is 0 Å². The van der Waals surface area contributed by atoms with Crippen molar-refractivity contribution in [3.05, 3.63) is 39.5 Å². The highest BCUT2D eigenvalue weighted by molar-refractivity contribution is 6.35. The fourth-order valence-electron chi connectivity index (χ4n) is 1.36. The van der Waals surface area contributed by atoms with E-state index in [1.165, 1.54) is 19.1 Å². The monoisotopic (exact) mass is 342 g/mol. The summed E-state index contributed by atoms with van der Waals surface area (Å²) in [5.74, 6) is -1.21. The van der Waals surface area contributed by atoms with Gasteiger partial charge in [-0.3, -0.25) is 4.79 Å². The lowest BCUT2D eigenvalue weighted by Crippen LogP contribution is -2.21. The van der Waals surface area contributed by atoms with Crippen molar-refractivity contribution in [3.63, 3.8) is 0 Å². The number of allylic oxidation sites excluding steroid dienone is 1. The van der Waals surface area contributed by atoms with Gasteiger partial charge < -0.3 is 15.2 Å². The first-order valence-electron chi connectivity index (χ1n) is 5.98. The quantitative estimate of drug-likeness (QED) is 0.483. The van der Waals surface area contributed by atoms with Crippen molar-refractivity contribution in [2.24, 2.45) is 5.73 Å². The number of ketones is 1. The summed E-state index contributed by atoms with van der Waals surface area (Å²) in [7, 11) is 0. The highest BCUT2D eigenvalue weighted by Gasteiger charge is 2.15. The molecule has 0 aliphatic rings. The van der Waals surface area contributed by atoms with Crippen LogP contribution in [-0.2, 0) is 14.3 Å². The van der Waals surface area contributed by atoms with Gasteiger partial charge >= 0.3 is 5.97 Å². The van der Waals surface area contributed by atoms with Crippen LogP contribution in [0.15, 0.2) is 29.5 Å². The molecular formula is C14H12Cl2N2O4. The van der Waals surface area contributed by atoms with Gasteiger partial charge in [-0.15, -0.1) is 0 Å². The topological polar surface area (TPSA) is 102 Å². The molecule has 0 fully saturated rings. The molecule has 116 valence electrons. The molecule has 0 aromatic heterocycles. The van der Waals surface area contributed by atoms with Gasteiger partial charge in [0.15, 0.2) is 13.2 Å². The number of benzene rings is 1. The van der Waals surface area contributed by atoms with Crippen LogP contribution in [0.5, 0.6) is 5.75 Å². The van der Waals surface area contributed by atoms with Crippen molar-refractivity contribution in [1.82, 2.24) is 0 Å². The van der Waals surface area contributed by atoms with Crippen LogP contribution in [0.1, 0.15) is 6.92 Å². The molecule has 0 amide bonds. The lowest BCUT2D eigenvalue weighted by atomic mass is 10.1. The molecule has 0 bridgehead atoms. The number of hydrogen-bond donors (Lipinski definition) is 1. The minimum absolute atomic E-state index is 0.0627. The number of nitrogens with two attached hydrogens (primary N) is 1. The SMILES string of the molecule is C/C(N)=C(\C#N)C(=O)COC(=O)COc1ccc(Cl)cc1Cl. The summed E-state index contributed by atoms with van der Waals surface area (Å²) in [5.41, 5.74) is 5.19. The minimum Gasteiger partial charge on any atom is -0.480 e. The van der Waals surface area contributed by atoms with Crippen molar-refractivity contribution < 1.29 is 19.1 Å². The van der Waals surface area contributed by atoms with Gasteiger partial charge in [0, 0.05) is 10.7 Å². The molecule has 0 spiro atoms. The second-order valence-electron chi connectivity index (χ2n) is 4.12. The summed E-state index contributed by atoms with van der Waals surface area (Å²) in [6.45, 7) is 0.375. The van der Waals surface area contributed by atoms with E-state index in [0.29, 0.717) is 5.02 Å². The van der Waals surface area contributed by atoms with Gasteiger partial charge in [-0.05, 0) is 25.1 Å². The highest BCUT2D eigenvalue weighted by atomic mass is 35.5. The van der Waals surface area contributed by atoms with Gasteiger partial charge in [0.2, 0.25) is 5.78 Å². The number of esters is 1. The molecule has 22 heavy (non-hydrogen) atoms. The van der Waals surface area contributed by atoms with Crippen LogP contribution >= 0.6 is 23.2 Å². The van der Waals surface area contributed by atoms with Crippen molar-refractivity contribution in [1.29, 1.82) is 5.26 Å². The minimum atomic E-state index is -0.786. The number of nitrogens with zero attached hydrogens (tertiary/aromatic N) is 1. The molecule has 0 saturated heterocycles. The van der Waals surface area contributed by atoms with E-state index in [1.54, 1.807) is 12.1 Å². The molecule has 2 N–H and O–H groups in total. The molecule has 0 aliphatic heterocycles. The predicted octanol–water partition coefficient (Wildman–Crippen LogP) is 2.24. The zero-order chi connectivity index (χ0) is 16.7. The molecule has 6 nitrogen and oxygen atoms in total. The zero-order valence-corrected chi connectivity index (χ0v) is 13.1. The Morgan fingerprint density at radius 2 is 2.00 bits per heavy atom. The summed E-state index contributed by atoms with van der Waals surface area (Å²) in [6.07, 6.45) is 0. The third kappa shape index (κ3) is 5.28. The molecule has 0 heterocycles. The van der Waals surface area contributed by atoms with E-state index in [2.05, 4.69) is 0 Å². The maximum atomic E-state index is 11.6. The van der Waals surface area contributed by atoms with Crippen LogP contribution in [0.25, 0.3) is 0 Å². The number of Topliss-reactive ketones (excluding diaryl/α,β-unsaturated/α-hetero) is 1. The van der Waals surface area contributed by atoms with Crippen LogP contribution in [0.3, 0.4) is 0 Å². The smallest absolute Gasteiger partial charge is 0.344 e. The summed E-state index contributed by atoms with van der Waals surface area (Å²) < 4.78 is 9.84. The van der Waals surface area contributed by atoms with E-state index in [4.69, 9.17) is 43.7 Å². The molecule has 0 saturated carbocycles. The highest BCUT2D eigenvalue weighted by Crippen LogP contribution is 2.27. The van der Waals surface area contributed by atoms with Crippen LogP contribution in [0.4, 0.5) is 0 Å². The maximum Gasteiger partial charge on any atom is 0.344 e. The molecule has 0 aliphatic carbocycles. The molecule has 8 heteroatoms. The number of nitriles is 1. The van der Waals surface area contributed by atoms with Crippen LogP contribution in [0.2, 0.25) is 10.0 Å². The normalized spacial score (nSPS) is 11.2. The number of carbonyl (C=O) groups excluding carboxylic acids is 2. The van der Waals surface area contributed by atoms with Crippen molar-refractivity contribution in [2.75, 3.05) is 13.2 Å². The molecule has 1 aromatic carbocycles. The van der Waals surface area contributed by atoms with Gasteiger partial charge in [-0.2, -0.15) is 5.26 Å². The Labute approximate surface area is 137 Å². The Hall–Kier alpha value is -2.23. The second kappa shape index (κ2) is 8.27. The summed E-state index contributed by atoms with van der Waals surface area (Å²) >= 11 is 11.6. The van der Waals surface area contributed by atoms with E-state index < -0.39 is 25.0 Å². The van der Waals surface area contributed by atoms with Gasteiger partial charge in [-0.1, -0.05) is 23.2 Å². The number of halogens is 2. The Morgan fingerprint density at radius 1 is 1.32 bits per heavy atom. The fourth-order valence-corrected chi connectivity index (χ4v) is 1.82. The number of rotatable bonds is 6. The number of carbonyl (C=O) groups is 2. The summed E-state index contributed by atoms with van der Waals surface area (Å²) in [6, 6.07) is 6.15. The number of hydrogen-bond acceptors (Lipinski definition) is 6. The largest absolute Gasteiger partial charge is 0.480 e. The first-order chi connectivity index (χ1) is 10.3. The first-order valence-corrected chi connectivity index (χ1v) is 6.74. The van der Waals surface area contributed by atoms with E-state index in [9.17, 15) is 9.59 Å². The molecule has 1 aromatic rings. The maximum absolute atomic E-state index is 11.6. The van der Waals surface area contributed by atoms with Crippen molar-refractivity contribution >= 4 is 35.0 Å². The molecule has 0 atom stereocenters. The fraction of sp³-hybridized carbons (Fsp3) is 0.214. The van der Waals surface area contributed by atoms with E-state index in [0.717, 1.165) is 0 Å². The third-order valence-corrected chi connectivity index (χ3v) is 2.92. The average molecular weight is 343 g/mol. The number of ether oxygens (including phenoxy) is 2. The Balaban J connectivity index is 2.49. The van der Waals surface area contributed by atoms with Crippen LogP contribution in [-0.4, -0.2) is 25.0 Å². The van der Waals surface area contributed by atoms with Crippen molar-refractivity contribution in [2.45, 2.75) is 6.92 Å². The standard InChI is InChI=1S/C14H12Cl2N2O4/c1-8(18)10(5-17)12(19)6-22-14(20)7-21-13-3-2-9(15)4-11(13)16/h2-4H,6-7,18H2,1H3/b10-8-. The van der Waals surface area contributed by atoms with Gasteiger partial charge in [0.25, 0.3) is 0 Å². The van der Waals surface area contributed by atoms with Gasteiger partial charge in [0.05, 0.1) is 5.02 Å². The Kier molecular flexibility index (Phi) is 6.70. The van der Waals surface area contributed by atoms with Crippen molar-refractivity contribution in [3.8, 4) is 11.8 Å². The average Bonchev–Trinajstić information content (AvgIpc) is 2.44. The summed E-state index contributed by atoms with van der Waals surface area (Å²) in [5, 5.41) is 9.41. The third-order valence-electron chi connectivity index (χ3n) is 2.39. The van der Waals surface area contributed by atoms with Gasteiger partial charge in [-0.25, -0.2) is 4.79 Å². The Morgan fingerprint density at radius 3 is 2.55 bits per heavy atom. The summed E-state index contributed by atoms with van der Waals surface area (Å²) in [4.78, 5) is 23.1. The molecule has 0 unspecified atom stereocenters. The lowest BCUT2D eigenvalue weighted by molar-refractivity contribution is -0.149. The van der Waals surface area contributed by atoms with E-state index in [-0.39, 0.29) is 22.0 Å². The lowest BCUT2D eigenvalue weighted by Gasteiger charge is -2.08. The Bertz CT molecular complexity index is 661. The van der Waals surface area contributed by atoms with Crippen LogP contribution < -0.4 is 10.5 Å². The molecular weight excluding hydrogens is 331 g/mol. The molecule has 1 rings (SSSR count).